The molecule has 0 bridgehead atoms. The van der Waals surface area contributed by atoms with Crippen LogP contribution in [-0.2, 0) is 14.3 Å². The van der Waals surface area contributed by atoms with Crippen LogP contribution in [0.4, 0.5) is 0 Å². The number of halogens is 4. The largest absolute Gasteiger partial charge is 0.492 e. The number of carbonyl (C=O) groups excluding carboxylic acids is 3. The first-order chi connectivity index (χ1) is 39.3. The second-order valence-corrected chi connectivity index (χ2v) is 23.4. The van der Waals surface area contributed by atoms with Gasteiger partial charge in [0.2, 0.25) is 0 Å². The van der Waals surface area contributed by atoms with Gasteiger partial charge in [-0.2, -0.15) is 0 Å². The number of unbranched alkanes of at least 4 members (excludes halogenated alkanes) is 1. The Bertz CT molecular complexity index is 3250. The van der Waals surface area contributed by atoms with Crippen LogP contribution in [0.1, 0.15) is 122 Å². The maximum Gasteiger partial charge on any atom is 0.332 e. The molecule has 84 heavy (non-hydrogen) atoms. The van der Waals surface area contributed by atoms with E-state index in [1.165, 1.54) is 0 Å². The number of ether oxygens (including phenoxy) is 3. The highest BCUT2D eigenvalue weighted by molar-refractivity contribution is 6.32. The summed E-state index contributed by atoms with van der Waals surface area (Å²) in [6.45, 7) is 8.89. The monoisotopic (exact) mass is 1230 g/mol. The lowest BCUT2D eigenvalue weighted by Crippen LogP contribution is -2.59. The smallest absolute Gasteiger partial charge is 0.332 e. The lowest BCUT2D eigenvalue weighted by molar-refractivity contribution is -0.162. The van der Waals surface area contributed by atoms with E-state index in [4.69, 9.17) is 47.4 Å². The maximum absolute atomic E-state index is 14.6. The molecule has 2 aliphatic carbocycles. The first kappa shape index (κ1) is 66.8. The van der Waals surface area contributed by atoms with Gasteiger partial charge in [0.15, 0.2) is 0 Å². The van der Waals surface area contributed by atoms with Gasteiger partial charge in [-0.1, -0.05) is 97.7 Å². The van der Waals surface area contributed by atoms with Gasteiger partial charge in [0.1, 0.15) is 40.1 Å². The molecule has 0 aliphatic heterocycles. The average molecular weight is 1230 g/mol. The standard InChI is InChI=1S/C65H76Cl2N6O9.2ClH/c1-41(2)47-16-10-11-18-49(47)51-22-26-55(69-59(51)44-20-24-53(67)57(40-44)81-38-14-36-73(6)7)61(76)71-65(31-27-45(74)28-32-65)63(79)82-46-29-33-64(34-30-46,62(77)78)70-60(75)54-25-21-50(48-17-9-8-15-42(48)3)58(68-54)43-19-23-52(66)56(39-43)80-37-13-12-35-72(4)5;;/h8-11,15-26,39-41,45-46,74H,12-14,27-38H2,1-7H3,(H,70,75)(H,71,76)(H,77,78);2*1H. The van der Waals surface area contributed by atoms with Crippen LogP contribution in [0.5, 0.6) is 11.5 Å². The molecular formula is C65H78Cl4N6O9. The number of pyridine rings is 2. The van der Waals surface area contributed by atoms with Crippen molar-refractivity contribution in [3.05, 3.63) is 142 Å². The van der Waals surface area contributed by atoms with E-state index in [1.54, 1.807) is 24.3 Å². The number of carboxylic acid groups (broad SMARTS) is 1. The molecule has 2 aliphatic rings. The van der Waals surface area contributed by atoms with E-state index in [9.17, 15) is 29.4 Å². The average Bonchev–Trinajstić information content (AvgIpc) is 2.96. The summed E-state index contributed by atoms with van der Waals surface area (Å²) < 4.78 is 18.5. The SMILES string of the molecule is Cc1ccccc1-c1ccc(C(=O)NC2(C(=O)O)CCC(OC(=O)C3(NC(=O)c4ccc(-c5ccccc5C(C)C)c(-c5ccc(Cl)c(OCCCN(C)C)c5)n4)CCC(O)CC3)CC2)nc1-c1ccc(Cl)c(OCCCCN(C)C)c1.Cl.Cl. The quantitative estimate of drug-likeness (QED) is 0.0350. The number of benzene rings is 4. The third-order valence-electron chi connectivity index (χ3n) is 15.6. The fourth-order valence-electron chi connectivity index (χ4n) is 10.9. The molecule has 0 saturated heterocycles. The van der Waals surface area contributed by atoms with Gasteiger partial charge in [0.05, 0.1) is 40.8 Å². The number of aryl methyl sites for hydroxylation is 1. The second kappa shape index (κ2) is 30.2. The first-order valence-corrected chi connectivity index (χ1v) is 29.1. The Balaban J connectivity index is 0.00000566. The summed E-state index contributed by atoms with van der Waals surface area (Å²) in [5.74, 6) is -2.07. The molecular weight excluding hydrogens is 1150 g/mol. The molecule has 15 nitrogen and oxygen atoms in total. The third kappa shape index (κ3) is 16.4. The van der Waals surface area contributed by atoms with Crippen molar-refractivity contribution >= 4 is 71.8 Å². The van der Waals surface area contributed by atoms with Crippen molar-refractivity contribution in [1.29, 1.82) is 0 Å². The number of rotatable bonds is 23. The fourth-order valence-corrected chi connectivity index (χ4v) is 11.2. The number of aliphatic hydroxyl groups is 1. The van der Waals surface area contributed by atoms with Crippen LogP contribution in [0.25, 0.3) is 44.8 Å². The summed E-state index contributed by atoms with van der Waals surface area (Å²) in [7, 11) is 8.05. The van der Waals surface area contributed by atoms with Gasteiger partial charge in [-0.15, -0.1) is 24.8 Å². The van der Waals surface area contributed by atoms with E-state index >= 15 is 0 Å². The minimum absolute atomic E-state index is 0. The van der Waals surface area contributed by atoms with Crippen LogP contribution in [-0.4, -0.2) is 132 Å². The van der Waals surface area contributed by atoms with Crippen molar-refractivity contribution in [2.24, 2.45) is 0 Å². The number of carbonyl (C=O) groups is 4. The van der Waals surface area contributed by atoms with E-state index in [1.807, 2.05) is 114 Å². The number of carboxylic acids is 1. The van der Waals surface area contributed by atoms with Crippen LogP contribution >= 0.6 is 48.0 Å². The number of hydrogen-bond donors (Lipinski definition) is 4. The van der Waals surface area contributed by atoms with Gasteiger partial charge in [-0.05, 0) is 189 Å². The molecule has 0 atom stereocenters. The Kier molecular flexibility index (Phi) is 24.0. The highest BCUT2D eigenvalue weighted by Gasteiger charge is 2.48. The predicted octanol–water partition coefficient (Wildman–Crippen LogP) is 12.9. The molecule has 8 rings (SSSR count). The Morgan fingerprint density at radius 3 is 1.62 bits per heavy atom. The highest BCUT2D eigenvalue weighted by Crippen LogP contribution is 2.41. The zero-order valence-electron chi connectivity index (χ0n) is 48.8. The van der Waals surface area contributed by atoms with Crippen LogP contribution in [0.15, 0.2) is 109 Å². The van der Waals surface area contributed by atoms with E-state index in [-0.39, 0.29) is 93.5 Å². The number of hydrogen-bond acceptors (Lipinski definition) is 12. The number of aliphatic hydroxyl groups excluding tert-OH is 1. The molecule has 0 spiro atoms. The number of amides is 2. The van der Waals surface area contributed by atoms with E-state index < -0.39 is 47.0 Å². The van der Waals surface area contributed by atoms with Crippen molar-refractivity contribution in [3.63, 3.8) is 0 Å². The van der Waals surface area contributed by atoms with Crippen molar-refractivity contribution in [2.75, 3.05) is 54.5 Å². The Labute approximate surface area is 516 Å². The molecule has 4 N–H and O–H groups in total. The summed E-state index contributed by atoms with van der Waals surface area (Å²) in [6, 6.07) is 33.6. The summed E-state index contributed by atoms with van der Waals surface area (Å²) in [6.07, 6.45) is 1.87. The lowest BCUT2D eigenvalue weighted by Gasteiger charge is -2.40. The summed E-state index contributed by atoms with van der Waals surface area (Å²) in [4.78, 5) is 71.0. The number of aromatic nitrogens is 2. The summed E-state index contributed by atoms with van der Waals surface area (Å²) in [5.41, 5.74) is 4.65. The van der Waals surface area contributed by atoms with Gasteiger partial charge in [0, 0.05) is 28.8 Å². The molecule has 6 aromatic rings. The van der Waals surface area contributed by atoms with Gasteiger partial charge in [-0.3, -0.25) is 9.59 Å². The van der Waals surface area contributed by atoms with Gasteiger partial charge < -0.3 is 44.9 Å². The van der Waals surface area contributed by atoms with Crippen LogP contribution in [0.2, 0.25) is 10.0 Å². The molecule has 4 aromatic carbocycles. The van der Waals surface area contributed by atoms with Crippen LogP contribution in [0.3, 0.4) is 0 Å². The fraction of sp³-hybridized carbons (Fsp3) is 0.415. The third-order valence-corrected chi connectivity index (χ3v) is 16.2. The number of nitrogens with zero attached hydrogens (tertiary/aromatic N) is 4. The maximum atomic E-state index is 14.6. The highest BCUT2D eigenvalue weighted by atomic mass is 35.5. The Morgan fingerprint density at radius 1 is 0.619 bits per heavy atom. The van der Waals surface area contributed by atoms with Crippen LogP contribution in [0, 0.1) is 6.92 Å². The van der Waals surface area contributed by atoms with E-state index in [2.05, 4.69) is 40.3 Å². The molecule has 0 radical (unpaired) electrons. The zero-order valence-corrected chi connectivity index (χ0v) is 52.0. The Hall–Kier alpha value is -6.30. The predicted molar refractivity (Wildman–Crippen MR) is 336 cm³/mol. The molecule has 0 unspecified atom stereocenters. The zero-order chi connectivity index (χ0) is 58.7. The molecule has 19 heteroatoms. The molecule has 450 valence electrons. The summed E-state index contributed by atoms with van der Waals surface area (Å²) in [5, 5.41) is 28.2. The minimum atomic E-state index is -1.71. The molecule has 2 aromatic heterocycles. The number of esters is 1. The topological polar surface area (TPSA) is 193 Å². The normalized spacial score (nSPS) is 18.5. The lowest BCUT2D eigenvalue weighted by atomic mass is 9.78. The minimum Gasteiger partial charge on any atom is -0.492 e. The second-order valence-electron chi connectivity index (χ2n) is 22.6. The van der Waals surface area contributed by atoms with E-state index in [0.29, 0.717) is 57.3 Å². The molecule has 2 heterocycles. The molecule has 2 amide bonds. The van der Waals surface area contributed by atoms with Gasteiger partial charge in [-0.25, -0.2) is 19.6 Å². The van der Waals surface area contributed by atoms with Gasteiger partial charge in [0.25, 0.3) is 11.8 Å². The first-order valence-electron chi connectivity index (χ1n) is 28.4. The number of aliphatic carboxylic acids is 1. The van der Waals surface area contributed by atoms with Gasteiger partial charge >= 0.3 is 11.9 Å². The van der Waals surface area contributed by atoms with Crippen molar-refractivity contribution in [2.45, 2.75) is 121 Å². The summed E-state index contributed by atoms with van der Waals surface area (Å²) >= 11 is 13.3. The molecule has 2 fully saturated rings. The van der Waals surface area contributed by atoms with E-state index in [0.717, 1.165) is 65.7 Å². The molecule has 2 saturated carbocycles. The number of nitrogens with one attached hydrogen (secondary N) is 2. The van der Waals surface area contributed by atoms with Crippen molar-refractivity contribution in [3.8, 4) is 56.3 Å². The van der Waals surface area contributed by atoms with Crippen molar-refractivity contribution < 1.29 is 43.6 Å². The Morgan fingerprint density at radius 2 is 1.10 bits per heavy atom. The van der Waals surface area contributed by atoms with Crippen LogP contribution < -0.4 is 20.1 Å². The van der Waals surface area contributed by atoms with Crippen molar-refractivity contribution in [1.82, 2.24) is 30.4 Å².